The van der Waals surface area contributed by atoms with Gasteiger partial charge in [-0.1, -0.05) is 60.2 Å². The Kier molecular flexibility index (Phi) is 3.55. The summed E-state index contributed by atoms with van der Waals surface area (Å²) in [6.07, 6.45) is 2.15. The van der Waals surface area contributed by atoms with Crippen molar-refractivity contribution in [2.75, 3.05) is 5.75 Å². The molecule has 102 valence electrons. The van der Waals surface area contributed by atoms with Gasteiger partial charge in [0, 0.05) is 5.92 Å². The van der Waals surface area contributed by atoms with Crippen LogP contribution in [0.4, 0.5) is 0 Å². The van der Waals surface area contributed by atoms with Gasteiger partial charge in [0.25, 0.3) is 0 Å². The van der Waals surface area contributed by atoms with Crippen molar-refractivity contribution < 1.29 is 8.76 Å². The predicted molar refractivity (Wildman–Crippen MR) is 83.9 cm³/mol. The molecule has 2 aromatic rings. The lowest BCUT2D eigenvalue weighted by Gasteiger charge is -2.13. The van der Waals surface area contributed by atoms with Gasteiger partial charge in [-0.25, -0.2) is 4.21 Å². The number of rotatable bonds is 3. The lowest BCUT2D eigenvalue weighted by Crippen LogP contribution is -2.08. The van der Waals surface area contributed by atoms with Crippen LogP contribution in [0.2, 0.25) is 0 Å². The van der Waals surface area contributed by atoms with Crippen LogP contribution < -0.4 is 0 Å². The maximum Gasteiger partial charge on any atom is 0.153 e. The van der Waals surface area contributed by atoms with E-state index in [0.29, 0.717) is 0 Å². The van der Waals surface area contributed by atoms with Crippen molar-refractivity contribution >= 4 is 17.2 Å². The second kappa shape index (κ2) is 5.35. The summed E-state index contributed by atoms with van der Waals surface area (Å²) in [6.45, 7) is 2.03. The second-order valence-electron chi connectivity index (χ2n) is 5.10. The molecule has 0 amide bonds. The van der Waals surface area contributed by atoms with Crippen LogP contribution in [-0.2, 0) is 11.1 Å². The predicted octanol–water partition coefficient (Wildman–Crippen LogP) is 4.08. The first kappa shape index (κ1) is 13.3. The van der Waals surface area contributed by atoms with E-state index in [4.69, 9.17) is 0 Å². The minimum atomic E-state index is -1.78. The summed E-state index contributed by atoms with van der Waals surface area (Å²) >= 11 is -1.78. The SMILES string of the molecule is CC1=Cc2c(-c3ccccc3)cccc2C1CS(=O)O. The molecule has 2 nitrogen and oxygen atoms in total. The molecule has 2 atom stereocenters. The zero-order valence-corrected chi connectivity index (χ0v) is 12.1. The Hall–Kier alpha value is -1.71. The molecule has 0 bridgehead atoms. The highest BCUT2D eigenvalue weighted by Gasteiger charge is 2.25. The third-order valence-corrected chi connectivity index (χ3v) is 4.45. The van der Waals surface area contributed by atoms with E-state index in [2.05, 4.69) is 30.3 Å². The quantitative estimate of drug-likeness (QED) is 0.862. The first-order chi connectivity index (χ1) is 9.66. The Morgan fingerprint density at radius 1 is 1.10 bits per heavy atom. The fraction of sp³-hybridized carbons (Fsp3) is 0.176. The van der Waals surface area contributed by atoms with Crippen LogP contribution >= 0.6 is 0 Å². The molecule has 0 radical (unpaired) electrons. The van der Waals surface area contributed by atoms with Crippen molar-refractivity contribution in [1.82, 2.24) is 0 Å². The summed E-state index contributed by atoms with van der Waals surface area (Å²) in [6, 6.07) is 16.4. The Labute approximate surface area is 121 Å². The molecule has 0 aliphatic heterocycles. The van der Waals surface area contributed by atoms with Crippen LogP contribution in [0.1, 0.15) is 24.0 Å². The number of benzene rings is 2. The number of allylic oxidation sites excluding steroid dienone is 1. The average Bonchev–Trinajstić information content (AvgIpc) is 2.76. The molecular formula is C17H16O2S. The molecule has 2 aromatic carbocycles. The minimum Gasteiger partial charge on any atom is -0.306 e. The molecular weight excluding hydrogens is 268 g/mol. The summed E-state index contributed by atoms with van der Waals surface area (Å²) in [5.74, 6) is 0.326. The van der Waals surface area contributed by atoms with Gasteiger partial charge in [-0.3, -0.25) is 0 Å². The van der Waals surface area contributed by atoms with Gasteiger partial charge in [0.05, 0.1) is 5.75 Å². The van der Waals surface area contributed by atoms with E-state index in [1.807, 2.05) is 31.2 Å². The fourth-order valence-corrected chi connectivity index (χ4v) is 3.58. The van der Waals surface area contributed by atoms with Gasteiger partial charge in [0.2, 0.25) is 0 Å². The third-order valence-electron chi connectivity index (χ3n) is 3.83. The molecule has 0 spiro atoms. The lowest BCUT2D eigenvalue weighted by atomic mass is 9.93. The maximum atomic E-state index is 11.1. The highest BCUT2D eigenvalue weighted by Crippen LogP contribution is 2.41. The monoisotopic (exact) mass is 284 g/mol. The van der Waals surface area contributed by atoms with E-state index >= 15 is 0 Å². The summed E-state index contributed by atoms with van der Waals surface area (Å²) in [5.41, 5.74) is 5.87. The van der Waals surface area contributed by atoms with Crippen molar-refractivity contribution in [2.45, 2.75) is 12.8 Å². The third kappa shape index (κ3) is 2.35. The van der Waals surface area contributed by atoms with Gasteiger partial charge in [-0.2, -0.15) is 0 Å². The second-order valence-corrected chi connectivity index (χ2v) is 6.08. The standard InChI is InChI=1S/C17H16O2S/c1-12-10-16-14(13-6-3-2-4-7-13)8-5-9-15(16)17(12)11-20(18)19/h2-10,17H,11H2,1H3,(H,18,19). The Balaban J connectivity index is 2.11. The Morgan fingerprint density at radius 3 is 2.55 bits per heavy atom. The molecule has 0 fully saturated rings. The van der Waals surface area contributed by atoms with E-state index in [1.54, 1.807) is 0 Å². The molecule has 3 heteroatoms. The molecule has 1 aliphatic rings. The molecule has 1 N–H and O–H groups in total. The number of fused-ring (bicyclic) bond motifs is 1. The summed E-state index contributed by atoms with van der Waals surface area (Å²) < 4.78 is 20.3. The van der Waals surface area contributed by atoms with Gasteiger partial charge in [-0.15, -0.1) is 0 Å². The molecule has 0 saturated heterocycles. The summed E-state index contributed by atoms with van der Waals surface area (Å²) in [7, 11) is 0. The largest absolute Gasteiger partial charge is 0.306 e. The van der Waals surface area contributed by atoms with Crippen molar-refractivity contribution in [3.8, 4) is 11.1 Å². The maximum absolute atomic E-state index is 11.1. The van der Waals surface area contributed by atoms with Crippen LogP contribution in [0, 0.1) is 0 Å². The molecule has 0 heterocycles. The number of hydrogen-bond acceptors (Lipinski definition) is 1. The van der Waals surface area contributed by atoms with Crippen LogP contribution in [0.3, 0.4) is 0 Å². The average molecular weight is 284 g/mol. The normalized spacial score (nSPS) is 18.5. The lowest BCUT2D eigenvalue weighted by molar-refractivity contribution is 0.560. The van der Waals surface area contributed by atoms with Crippen LogP contribution in [-0.4, -0.2) is 14.5 Å². The first-order valence-corrected chi connectivity index (χ1v) is 7.88. The minimum absolute atomic E-state index is 0.0551. The van der Waals surface area contributed by atoms with Crippen LogP contribution in [0.5, 0.6) is 0 Å². The molecule has 1 aliphatic carbocycles. The van der Waals surface area contributed by atoms with Gasteiger partial charge >= 0.3 is 0 Å². The van der Waals surface area contributed by atoms with Crippen molar-refractivity contribution in [3.63, 3.8) is 0 Å². The van der Waals surface area contributed by atoms with E-state index in [1.165, 1.54) is 16.7 Å². The molecule has 2 unspecified atom stereocenters. The van der Waals surface area contributed by atoms with Crippen molar-refractivity contribution in [2.24, 2.45) is 0 Å². The molecule has 3 rings (SSSR count). The first-order valence-electron chi connectivity index (χ1n) is 6.61. The highest BCUT2D eigenvalue weighted by molar-refractivity contribution is 7.79. The fourth-order valence-electron chi connectivity index (χ4n) is 2.85. The summed E-state index contributed by atoms with van der Waals surface area (Å²) in [4.78, 5) is 0. The molecule has 0 saturated carbocycles. The van der Waals surface area contributed by atoms with E-state index < -0.39 is 11.1 Å². The number of hydrogen-bond donors (Lipinski definition) is 1. The van der Waals surface area contributed by atoms with Gasteiger partial charge in [0.15, 0.2) is 11.1 Å². The topological polar surface area (TPSA) is 37.3 Å². The van der Waals surface area contributed by atoms with E-state index in [9.17, 15) is 8.76 Å². The smallest absolute Gasteiger partial charge is 0.153 e. The zero-order chi connectivity index (χ0) is 14.1. The molecule has 0 aromatic heterocycles. The Bertz CT molecular complexity index is 689. The van der Waals surface area contributed by atoms with Crippen LogP contribution in [0.25, 0.3) is 17.2 Å². The van der Waals surface area contributed by atoms with Gasteiger partial charge < -0.3 is 4.55 Å². The van der Waals surface area contributed by atoms with E-state index in [-0.39, 0.29) is 11.7 Å². The zero-order valence-electron chi connectivity index (χ0n) is 11.2. The van der Waals surface area contributed by atoms with E-state index in [0.717, 1.165) is 11.1 Å². The highest BCUT2D eigenvalue weighted by atomic mass is 32.2. The Morgan fingerprint density at radius 2 is 1.85 bits per heavy atom. The van der Waals surface area contributed by atoms with Crippen molar-refractivity contribution in [3.05, 3.63) is 65.2 Å². The summed E-state index contributed by atoms with van der Waals surface area (Å²) in [5, 5.41) is 0. The molecule has 20 heavy (non-hydrogen) atoms. The van der Waals surface area contributed by atoms with Crippen molar-refractivity contribution in [1.29, 1.82) is 0 Å². The van der Waals surface area contributed by atoms with Crippen LogP contribution in [0.15, 0.2) is 54.1 Å². The van der Waals surface area contributed by atoms with Gasteiger partial charge in [0.1, 0.15) is 0 Å². The van der Waals surface area contributed by atoms with Gasteiger partial charge in [-0.05, 0) is 29.2 Å².